The van der Waals surface area contributed by atoms with Crippen molar-refractivity contribution in [2.75, 3.05) is 57.5 Å². The second kappa shape index (κ2) is 11.3. The first-order valence-electron chi connectivity index (χ1n) is 10.7. The van der Waals surface area contributed by atoms with Crippen molar-refractivity contribution in [2.24, 2.45) is 18.0 Å². The van der Waals surface area contributed by atoms with Crippen molar-refractivity contribution < 1.29 is 9.47 Å². The van der Waals surface area contributed by atoms with Gasteiger partial charge in [0.05, 0.1) is 25.1 Å². The van der Waals surface area contributed by atoms with Crippen LogP contribution in [0.15, 0.2) is 17.4 Å². The van der Waals surface area contributed by atoms with E-state index < -0.39 is 0 Å². The van der Waals surface area contributed by atoms with Crippen LogP contribution in [0.4, 0.5) is 5.69 Å². The van der Waals surface area contributed by atoms with Gasteiger partial charge in [-0.2, -0.15) is 5.10 Å². The Hall–Kier alpha value is -1.80. The molecule has 2 N–H and O–H groups in total. The summed E-state index contributed by atoms with van der Waals surface area (Å²) in [5.74, 6) is 1.49. The highest BCUT2D eigenvalue weighted by atomic mass is 16.5. The van der Waals surface area contributed by atoms with E-state index in [2.05, 4.69) is 33.8 Å². The number of anilines is 1. The summed E-state index contributed by atoms with van der Waals surface area (Å²) in [6.07, 6.45) is 8.43. The van der Waals surface area contributed by atoms with Crippen LogP contribution < -0.4 is 15.5 Å². The van der Waals surface area contributed by atoms with Gasteiger partial charge in [-0.3, -0.25) is 9.67 Å². The van der Waals surface area contributed by atoms with Gasteiger partial charge in [0.15, 0.2) is 5.96 Å². The molecule has 28 heavy (non-hydrogen) atoms. The molecule has 0 aliphatic carbocycles. The summed E-state index contributed by atoms with van der Waals surface area (Å²) in [5.41, 5.74) is 1.20. The van der Waals surface area contributed by atoms with Crippen LogP contribution in [0.3, 0.4) is 0 Å². The fourth-order valence-corrected chi connectivity index (χ4v) is 3.74. The number of hydrogen-bond donors (Lipinski definition) is 2. The Bertz CT molecular complexity index is 599. The van der Waals surface area contributed by atoms with Crippen LogP contribution in [0.1, 0.15) is 32.6 Å². The Morgan fingerprint density at radius 2 is 2.36 bits per heavy atom. The second-order valence-corrected chi connectivity index (χ2v) is 7.72. The van der Waals surface area contributed by atoms with Gasteiger partial charge in [0.25, 0.3) is 0 Å². The van der Waals surface area contributed by atoms with E-state index in [-0.39, 0.29) is 0 Å². The van der Waals surface area contributed by atoms with E-state index in [1.807, 2.05) is 17.9 Å². The molecule has 2 unspecified atom stereocenters. The standard InChI is InChI=1S/C20H36N6O2/c1-3-21-20(22-8-5-10-27-15-17-7-11-28-16-17)24-18-6-4-9-26(13-18)19-12-23-25(2)14-19/h12,14,17-18H,3-11,13,15-16H2,1-2H3,(H2,21,22,24). The number of hydrogen-bond acceptors (Lipinski definition) is 5. The zero-order valence-electron chi connectivity index (χ0n) is 17.4. The highest BCUT2D eigenvalue weighted by Gasteiger charge is 2.21. The normalized spacial score (nSPS) is 23.2. The maximum absolute atomic E-state index is 5.77. The molecule has 158 valence electrons. The van der Waals surface area contributed by atoms with Gasteiger partial charge >= 0.3 is 0 Å². The van der Waals surface area contributed by atoms with E-state index in [4.69, 9.17) is 14.5 Å². The molecule has 3 heterocycles. The highest BCUT2D eigenvalue weighted by Crippen LogP contribution is 2.19. The summed E-state index contributed by atoms with van der Waals surface area (Å²) in [7, 11) is 1.96. The maximum Gasteiger partial charge on any atom is 0.191 e. The fourth-order valence-electron chi connectivity index (χ4n) is 3.74. The maximum atomic E-state index is 5.77. The summed E-state index contributed by atoms with van der Waals surface area (Å²) in [5, 5.41) is 11.3. The number of aryl methyl sites for hydroxylation is 1. The first-order valence-corrected chi connectivity index (χ1v) is 10.7. The number of ether oxygens (including phenoxy) is 2. The first-order chi connectivity index (χ1) is 13.7. The van der Waals surface area contributed by atoms with Gasteiger partial charge in [-0.25, -0.2) is 0 Å². The van der Waals surface area contributed by atoms with E-state index in [0.717, 1.165) is 77.8 Å². The summed E-state index contributed by atoms with van der Waals surface area (Å²) in [6.45, 7) is 9.11. The number of nitrogens with one attached hydrogen (secondary N) is 2. The molecule has 2 saturated heterocycles. The molecule has 8 nitrogen and oxygen atoms in total. The van der Waals surface area contributed by atoms with Crippen LogP contribution in [-0.2, 0) is 16.5 Å². The second-order valence-electron chi connectivity index (χ2n) is 7.72. The molecule has 0 amide bonds. The zero-order valence-corrected chi connectivity index (χ0v) is 17.4. The third kappa shape index (κ3) is 6.67. The molecule has 0 saturated carbocycles. The predicted octanol–water partition coefficient (Wildman–Crippen LogP) is 1.39. The van der Waals surface area contributed by atoms with E-state index in [0.29, 0.717) is 12.0 Å². The van der Waals surface area contributed by atoms with Crippen molar-refractivity contribution in [1.29, 1.82) is 0 Å². The van der Waals surface area contributed by atoms with Crippen molar-refractivity contribution in [2.45, 2.75) is 38.6 Å². The number of piperidine rings is 1. The summed E-state index contributed by atoms with van der Waals surface area (Å²) < 4.78 is 13.0. The zero-order chi connectivity index (χ0) is 19.6. The Morgan fingerprint density at radius 1 is 1.43 bits per heavy atom. The molecule has 0 aromatic carbocycles. The molecule has 2 aliphatic rings. The van der Waals surface area contributed by atoms with Crippen LogP contribution in [0, 0.1) is 5.92 Å². The molecular weight excluding hydrogens is 356 g/mol. The topological polar surface area (TPSA) is 75.9 Å². The van der Waals surface area contributed by atoms with Crippen molar-refractivity contribution in [3.8, 4) is 0 Å². The Balaban J connectivity index is 1.39. The summed E-state index contributed by atoms with van der Waals surface area (Å²) in [6, 6.07) is 0.394. The van der Waals surface area contributed by atoms with Crippen LogP contribution >= 0.6 is 0 Å². The first kappa shape index (κ1) is 20.9. The molecule has 2 fully saturated rings. The molecule has 1 aromatic heterocycles. The molecule has 0 radical (unpaired) electrons. The lowest BCUT2D eigenvalue weighted by atomic mass is 10.1. The molecule has 8 heteroatoms. The minimum Gasteiger partial charge on any atom is -0.381 e. The summed E-state index contributed by atoms with van der Waals surface area (Å²) >= 11 is 0. The lowest BCUT2D eigenvalue weighted by Crippen LogP contribution is -2.51. The molecular formula is C20H36N6O2. The van der Waals surface area contributed by atoms with E-state index in [9.17, 15) is 0 Å². The molecule has 2 aliphatic heterocycles. The third-order valence-corrected chi connectivity index (χ3v) is 5.26. The van der Waals surface area contributed by atoms with Gasteiger partial charge in [-0.1, -0.05) is 0 Å². The van der Waals surface area contributed by atoms with Crippen LogP contribution in [0.25, 0.3) is 0 Å². The average molecular weight is 393 g/mol. The van der Waals surface area contributed by atoms with Gasteiger partial charge < -0.3 is 25.0 Å². The lowest BCUT2D eigenvalue weighted by Gasteiger charge is -2.34. The van der Waals surface area contributed by atoms with Crippen molar-refractivity contribution in [3.63, 3.8) is 0 Å². The number of guanidine groups is 1. The highest BCUT2D eigenvalue weighted by molar-refractivity contribution is 5.80. The Morgan fingerprint density at radius 3 is 3.11 bits per heavy atom. The molecule has 3 rings (SSSR count). The Kier molecular flexibility index (Phi) is 8.42. The van der Waals surface area contributed by atoms with Crippen LogP contribution in [-0.4, -0.2) is 74.4 Å². The Labute approximate surface area is 168 Å². The van der Waals surface area contributed by atoms with Gasteiger partial charge in [-0.05, 0) is 32.6 Å². The molecule has 2 atom stereocenters. The van der Waals surface area contributed by atoms with E-state index in [1.54, 1.807) is 0 Å². The largest absolute Gasteiger partial charge is 0.381 e. The van der Waals surface area contributed by atoms with Crippen molar-refractivity contribution in [3.05, 3.63) is 12.4 Å². The molecule has 1 aromatic rings. The monoisotopic (exact) mass is 392 g/mol. The predicted molar refractivity (Wildman–Crippen MR) is 112 cm³/mol. The van der Waals surface area contributed by atoms with Gasteiger partial charge in [-0.15, -0.1) is 0 Å². The lowest BCUT2D eigenvalue weighted by molar-refractivity contribution is 0.0893. The minimum atomic E-state index is 0.394. The minimum absolute atomic E-state index is 0.394. The van der Waals surface area contributed by atoms with E-state index >= 15 is 0 Å². The fraction of sp³-hybridized carbons (Fsp3) is 0.800. The SMILES string of the molecule is CCNC(=NCCCOCC1CCOC1)NC1CCCN(c2cnn(C)c2)C1. The third-order valence-electron chi connectivity index (χ3n) is 5.26. The number of aliphatic imine (C=N–C) groups is 1. The molecule has 0 bridgehead atoms. The van der Waals surface area contributed by atoms with Crippen molar-refractivity contribution >= 4 is 11.6 Å². The summed E-state index contributed by atoms with van der Waals surface area (Å²) in [4.78, 5) is 7.13. The smallest absolute Gasteiger partial charge is 0.191 e. The quantitative estimate of drug-likeness (QED) is 0.376. The average Bonchev–Trinajstić information content (AvgIpc) is 3.36. The van der Waals surface area contributed by atoms with Gasteiger partial charge in [0.2, 0.25) is 0 Å². The van der Waals surface area contributed by atoms with Crippen LogP contribution in [0.5, 0.6) is 0 Å². The number of aromatic nitrogens is 2. The number of rotatable bonds is 9. The van der Waals surface area contributed by atoms with Crippen molar-refractivity contribution in [1.82, 2.24) is 20.4 Å². The van der Waals surface area contributed by atoms with Gasteiger partial charge in [0, 0.05) is 64.6 Å². The van der Waals surface area contributed by atoms with E-state index in [1.165, 1.54) is 12.1 Å². The number of nitrogens with zero attached hydrogens (tertiary/aromatic N) is 4. The molecule has 0 spiro atoms. The van der Waals surface area contributed by atoms with Crippen LogP contribution in [0.2, 0.25) is 0 Å². The van der Waals surface area contributed by atoms with Gasteiger partial charge in [0.1, 0.15) is 0 Å².